The SMILES string of the molecule is CC1C[Se][N+](=S)C1. The van der Waals surface area contributed by atoms with Crippen molar-refractivity contribution >= 4 is 27.6 Å². The van der Waals surface area contributed by atoms with Gasteiger partial charge in [-0.1, -0.05) is 0 Å². The van der Waals surface area contributed by atoms with E-state index in [0.717, 1.165) is 12.5 Å². The maximum absolute atomic E-state index is 4.94. The normalized spacial score (nSPS) is 31.6. The van der Waals surface area contributed by atoms with Crippen LogP contribution < -0.4 is 0 Å². The molecule has 0 radical (unpaired) electrons. The fourth-order valence-corrected chi connectivity index (χ4v) is 3.00. The summed E-state index contributed by atoms with van der Waals surface area (Å²) in [4.78, 5) is 0. The molecule has 3 heteroatoms. The Hall–Kier alpha value is 0.539. The first kappa shape index (κ1) is 5.67. The second-order valence-electron chi connectivity index (χ2n) is 1.92. The van der Waals surface area contributed by atoms with Crippen molar-refractivity contribution < 1.29 is 2.96 Å². The second-order valence-corrected chi connectivity index (χ2v) is 5.04. The van der Waals surface area contributed by atoms with E-state index in [4.69, 9.17) is 12.4 Å². The van der Waals surface area contributed by atoms with E-state index in [0.29, 0.717) is 15.2 Å². The van der Waals surface area contributed by atoms with Crippen molar-refractivity contribution in [2.75, 3.05) is 6.54 Å². The van der Waals surface area contributed by atoms with E-state index < -0.39 is 0 Å². The molecule has 40 valence electrons. The summed E-state index contributed by atoms with van der Waals surface area (Å²) in [6.45, 7) is 3.41. The van der Waals surface area contributed by atoms with Crippen LogP contribution in [0.5, 0.6) is 0 Å². The molecule has 7 heavy (non-hydrogen) atoms. The molecule has 1 aliphatic heterocycles. The molecule has 0 aromatic carbocycles. The predicted molar refractivity (Wildman–Crippen MR) is 32.2 cm³/mol. The summed E-state index contributed by atoms with van der Waals surface area (Å²) in [5.74, 6) is 0.873. The fraction of sp³-hybridized carbons (Fsp3) is 1.00. The summed E-state index contributed by atoms with van der Waals surface area (Å²) < 4.78 is 2.03. The van der Waals surface area contributed by atoms with Crippen LogP contribution in [0.2, 0.25) is 5.32 Å². The average molecular weight is 181 g/mol. The molecule has 1 unspecified atom stereocenters. The maximum atomic E-state index is 4.94. The minimum atomic E-state index is 0.648. The van der Waals surface area contributed by atoms with Crippen LogP contribution in [-0.2, 0) is 12.4 Å². The number of hydrogen-bond acceptors (Lipinski definition) is 1. The van der Waals surface area contributed by atoms with E-state index in [-0.39, 0.29) is 0 Å². The van der Waals surface area contributed by atoms with Crippen molar-refractivity contribution in [1.82, 2.24) is 0 Å². The Bertz CT molecular complexity index is 93.7. The molecule has 0 amide bonds. The van der Waals surface area contributed by atoms with Crippen LogP contribution in [0.4, 0.5) is 0 Å². The molecule has 1 atom stereocenters. The Morgan fingerprint density at radius 2 is 2.57 bits per heavy atom. The Balaban J connectivity index is 2.40. The molecule has 0 spiro atoms. The van der Waals surface area contributed by atoms with Crippen LogP contribution >= 0.6 is 0 Å². The molecule has 1 aliphatic rings. The van der Waals surface area contributed by atoms with Crippen LogP contribution in [0.3, 0.4) is 0 Å². The first-order valence-electron chi connectivity index (χ1n) is 2.36. The topological polar surface area (TPSA) is 3.01 Å². The van der Waals surface area contributed by atoms with Gasteiger partial charge in [0.25, 0.3) is 0 Å². The molecule has 1 saturated heterocycles. The van der Waals surface area contributed by atoms with Crippen molar-refractivity contribution in [2.45, 2.75) is 12.2 Å². The molecule has 0 aromatic heterocycles. The molecule has 0 bridgehead atoms. The molecule has 1 heterocycles. The summed E-state index contributed by atoms with van der Waals surface area (Å²) in [5, 5.41) is 1.36. The van der Waals surface area contributed by atoms with Crippen LogP contribution in [-0.4, -0.2) is 24.7 Å². The summed E-state index contributed by atoms with van der Waals surface area (Å²) in [5.41, 5.74) is 0. The Kier molecular flexibility index (Phi) is 1.79. The van der Waals surface area contributed by atoms with Gasteiger partial charge in [-0.3, -0.25) is 0 Å². The van der Waals surface area contributed by atoms with Gasteiger partial charge in [0.05, 0.1) is 0 Å². The van der Waals surface area contributed by atoms with E-state index in [1.54, 1.807) is 0 Å². The molecular weight excluding hydrogens is 173 g/mol. The van der Waals surface area contributed by atoms with Gasteiger partial charge in [-0.05, 0) is 0 Å². The van der Waals surface area contributed by atoms with E-state index in [1.807, 2.05) is 2.96 Å². The minimum absolute atomic E-state index is 0.648. The summed E-state index contributed by atoms with van der Waals surface area (Å²) >= 11 is 5.59. The number of hydrogen-bond donors (Lipinski definition) is 0. The summed E-state index contributed by atoms with van der Waals surface area (Å²) in [6.07, 6.45) is 0. The summed E-state index contributed by atoms with van der Waals surface area (Å²) in [6, 6.07) is 0. The van der Waals surface area contributed by atoms with Gasteiger partial charge in [0, 0.05) is 0 Å². The van der Waals surface area contributed by atoms with Crippen molar-refractivity contribution in [3.63, 3.8) is 0 Å². The third-order valence-corrected chi connectivity index (χ3v) is 4.08. The van der Waals surface area contributed by atoms with E-state index in [1.165, 1.54) is 5.32 Å². The van der Waals surface area contributed by atoms with Crippen LogP contribution in [0, 0.1) is 5.92 Å². The summed E-state index contributed by atoms with van der Waals surface area (Å²) in [7, 11) is 0. The van der Waals surface area contributed by atoms with Gasteiger partial charge in [0.15, 0.2) is 0 Å². The molecule has 1 rings (SSSR count). The molecule has 0 N–H and O–H groups in total. The average Bonchev–Trinajstić information content (AvgIpc) is 1.87. The standard InChI is InChI=1S/C4H8NSSe/c1-4-2-5(6)7-3-4/h4H,2-3H2,1H3/q+1. The van der Waals surface area contributed by atoms with E-state index >= 15 is 0 Å². The van der Waals surface area contributed by atoms with Crippen LogP contribution in [0.1, 0.15) is 6.92 Å². The van der Waals surface area contributed by atoms with Gasteiger partial charge in [-0.15, -0.1) is 0 Å². The number of rotatable bonds is 0. The van der Waals surface area contributed by atoms with Gasteiger partial charge in [-0.2, -0.15) is 0 Å². The predicted octanol–water partition coefficient (Wildman–Crippen LogP) is 0.417. The van der Waals surface area contributed by atoms with Crippen LogP contribution in [0.25, 0.3) is 0 Å². The zero-order chi connectivity index (χ0) is 5.28. The molecule has 0 saturated carbocycles. The van der Waals surface area contributed by atoms with Crippen molar-refractivity contribution in [3.05, 3.63) is 0 Å². The molecular formula is C4H8NSSe+. The van der Waals surface area contributed by atoms with Gasteiger partial charge in [-0.25, -0.2) is 0 Å². The third kappa shape index (κ3) is 1.48. The molecule has 1 nitrogen and oxygen atoms in total. The number of nitrogens with zero attached hydrogens (tertiary/aromatic N) is 1. The van der Waals surface area contributed by atoms with Crippen LogP contribution in [0.15, 0.2) is 0 Å². The Labute approximate surface area is 55.6 Å². The van der Waals surface area contributed by atoms with Crippen molar-refractivity contribution in [1.29, 1.82) is 0 Å². The van der Waals surface area contributed by atoms with E-state index in [2.05, 4.69) is 6.92 Å². The fourth-order valence-electron chi connectivity index (χ4n) is 0.570. The molecule has 1 fully saturated rings. The van der Waals surface area contributed by atoms with Crippen molar-refractivity contribution in [3.8, 4) is 0 Å². The third-order valence-electron chi connectivity index (χ3n) is 0.964. The van der Waals surface area contributed by atoms with E-state index in [9.17, 15) is 0 Å². The monoisotopic (exact) mass is 182 g/mol. The van der Waals surface area contributed by atoms with Gasteiger partial charge >= 0.3 is 55.3 Å². The van der Waals surface area contributed by atoms with Gasteiger partial charge < -0.3 is 0 Å². The second kappa shape index (κ2) is 2.21. The Morgan fingerprint density at radius 1 is 1.86 bits per heavy atom. The van der Waals surface area contributed by atoms with Crippen molar-refractivity contribution in [2.24, 2.45) is 5.92 Å². The van der Waals surface area contributed by atoms with Gasteiger partial charge in [0.2, 0.25) is 0 Å². The zero-order valence-electron chi connectivity index (χ0n) is 4.26. The first-order valence-corrected chi connectivity index (χ1v) is 4.71. The quantitative estimate of drug-likeness (QED) is 0.489. The molecule has 0 aliphatic carbocycles. The molecule has 0 aromatic rings. The first-order chi connectivity index (χ1) is 3.29. The Morgan fingerprint density at radius 3 is 2.71 bits per heavy atom. The zero-order valence-corrected chi connectivity index (χ0v) is 6.78. The van der Waals surface area contributed by atoms with Gasteiger partial charge in [0.1, 0.15) is 0 Å².